The van der Waals surface area contributed by atoms with E-state index in [1.807, 2.05) is 0 Å². The normalized spacial score (nSPS) is 15.3. The van der Waals surface area contributed by atoms with E-state index >= 15 is 0 Å². The number of hydrogen-bond acceptors (Lipinski definition) is 6. The molecule has 0 atom stereocenters. The van der Waals surface area contributed by atoms with Crippen LogP contribution in [0.5, 0.6) is 5.75 Å². The van der Waals surface area contributed by atoms with Gasteiger partial charge >= 0.3 is 10.1 Å². The molecule has 174 valence electrons. The van der Waals surface area contributed by atoms with Crippen LogP contribution in [0.25, 0.3) is 6.08 Å². The van der Waals surface area contributed by atoms with Crippen molar-refractivity contribution in [1.29, 1.82) is 0 Å². The Hall–Kier alpha value is -2.85. The quantitative estimate of drug-likeness (QED) is 0.277. The summed E-state index contributed by atoms with van der Waals surface area (Å²) in [6.45, 7) is -0.0868. The van der Waals surface area contributed by atoms with Gasteiger partial charge in [0.05, 0.1) is 11.4 Å². The molecule has 0 aromatic heterocycles. The first-order chi connectivity index (χ1) is 16.1. The Morgan fingerprint density at radius 1 is 0.971 bits per heavy atom. The first kappa shape index (κ1) is 24.3. The predicted molar refractivity (Wildman–Crippen MR) is 129 cm³/mol. The van der Waals surface area contributed by atoms with Crippen LogP contribution in [-0.4, -0.2) is 24.5 Å². The van der Waals surface area contributed by atoms with Gasteiger partial charge in [0.15, 0.2) is 0 Å². The molecule has 1 heterocycles. The van der Waals surface area contributed by atoms with Gasteiger partial charge < -0.3 is 4.18 Å². The Labute approximate surface area is 209 Å². The molecule has 0 saturated carbocycles. The van der Waals surface area contributed by atoms with Gasteiger partial charge in [-0.1, -0.05) is 41.4 Å². The number of rotatable bonds is 6. The number of carbonyl (C=O) groups excluding carboxylic acids is 2. The van der Waals surface area contributed by atoms with Gasteiger partial charge in [-0.15, -0.1) is 0 Å². The molecule has 0 N–H and O–H groups in total. The monoisotopic (exact) mass is 537 g/mol. The lowest BCUT2D eigenvalue weighted by molar-refractivity contribution is -0.123. The third-order valence-electron chi connectivity index (χ3n) is 4.70. The first-order valence-electron chi connectivity index (χ1n) is 9.62. The molecule has 1 fully saturated rings. The molecular formula is C23H14Cl2FNO5S2. The van der Waals surface area contributed by atoms with Crippen molar-refractivity contribution in [2.75, 3.05) is 0 Å². The van der Waals surface area contributed by atoms with Crippen LogP contribution in [0.1, 0.15) is 11.1 Å². The number of halogens is 3. The number of nitrogens with zero attached hydrogens (tertiary/aromatic N) is 1. The summed E-state index contributed by atoms with van der Waals surface area (Å²) in [6.07, 6.45) is 1.51. The molecule has 2 amide bonds. The van der Waals surface area contributed by atoms with Crippen molar-refractivity contribution < 1.29 is 26.6 Å². The number of benzene rings is 3. The molecule has 1 saturated heterocycles. The number of amides is 2. The largest absolute Gasteiger partial charge is 0.379 e. The SMILES string of the molecule is O=C1S/C(=C\c2ccc(OS(=O)(=O)c3ccc(Cl)cc3)cc2)C(=O)N1Cc1ccc(F)cc1Cl. The van der Waals surface area contributed by atoms with E-state index in [1.165, 1.54) is 54.6 Å². The fourth-order valence-corrected chi connectivity index (χ4v) is 5.12. The lowest BCUT2D eigenvalue weighted by Gasteiger charge is -2.13. The molecule has 0 spiro atoms. The second-order valence-electron chi connectivity index (χ2n) is 7.06. The van der Waals surface area contributed by atoms with Crippen LogP contribution in [0, 0.1) is 5.82 Å². The molecule has 0 aliphatic carbocycles. The third kappa shape index (κ3) is 5.44. The van der Waals surface area contributed by atoms with Crippen molar-refractivity contribution in [3.8, 4) is 5.75 Å². The smallest absolute Gasteiger partial charge is 0.339 e. The Kier molecular flexibility index (Phi) is 6.99. The highest BCUT2D eigenvalue weighted by molar-refractivity contribution is 8.18. The average molecular weight is 538 g/mol. The lowest BCUT2D eigenvalue weighted by atomic mass is 10.2. The minimum atomic E-state index is -4.04. The predicted octanol–water partition coefficient (Wildman–Crippen LogP) is 6.14. The van der Waals surface area contributed by atoms with Crippen LogP contribution < -0.4 is 4.18 Å². The summed E-state index contributed by atoms with van der Waals surface area (Å²) in [5.41, 5.74) is 0.997. The van der Waals surface area contributed by atoms with E-state index < -0.39 is 27.1 Å². The van der Waals surface area contributed by atoms with E-state index in [0.29, 0.717) is 16.1 Å². The molecule has 1 aliphatic heterocycles. The second kappa shape index (κ2) is 9.79. The summed E-state index contributed by atoms with van der Waals surface area (Å²) in [4.78, 5) is 26.2. The second-order valence-corrected chi connectivity index (χ2v) is 10.4. The maximum atomic E-state index is 13.2. The van der Waals surface area contributed by atoms with Crippen LogP contribution in [-0.2, 0) is 21.5 Å². The molecule has 6 nitrogen and oxygen atoms in total. The Morgan fingerprint density at radius 2 is 1.65 bits per heavy atom. The average Bonchev–Trinajstić information content (AvgIpc) is 3.04. The molecule has 3 aromatic carbocycles. The van der Waals surface area contributed by atoms with Gasteiger partial charge in [-0.25, -0.2) is 4.39 Å². The zero-order chi connectivity index (χ0) is 24.5. The molecule has 0 bridgehead atoms. The highest BCUT2D eigenvalue weighted by atomic mass is 35.5. The maximum Gasteiger partial charge on any atom is 0.339 e. The van der Waals surface area contributed by atoms with Gasteiger partial charge in [-0.3, -0.25) is 14.5 Å². The van der Waals surface area contributed by atoms with Crippen LogP contribution in [0.3, 0.4) is 0 Å². The number of imide groups is 1. The molecule has 0 unspecified atom stereocenters. The molecule has 1 aliphatic rings. The van der Waals surface area contributed by atoms with E-state index in [0.717, 1.165) is 22.7 Å². The Morgan fingerprint density at radius 3 is 2.29 bits per heavy atom. The van der Waals surface area contributed by atoms with Crippen molar-refractivity contribution in [1.82, 2.24) is 4.90 Å². The summed E-state index contributed by atoms with van der Waals surface area (Å²) in [7, 11) is -4.04. The lowest BCUT2D eigenvalue weighted by Crippen LogP contribution is -2.27. The molecule has 3 aromatic rings. The number of thioether (sulfide) groups is 1. The molecule has 0 radical (unpaired) electrons. The van der Waals surface area contributed by atoms with Crippen molar-refractivity contribution in [3.63, 3.8) is 0 Å². The van der Waals surface area contributed by atoms with E-state index in [1.54, 1.807) is 12.1 Å². The van der Waals surface area contributed by atoms with Crippen molar-refractivity contribution in [2.45, 2.75) is 11.4 Å². The number of carbonyl (C=O) groups is 2. The van der Waals surface area contributed by atoms with Crippen molar-refractivity contribution in [3.05, 3.63) is 98.6 Å². The van der Waals surface area contributed by atoms with E-state index in [-0.39, 0.29) is 27.1 Å². The first-order valence-corrected chi connectivity index (χ1v) is 12.6. The van der Waals surface area contributed by atoms with Crippen molar-refractivity contribution in [2.24, 2.45) is 0 Å². The third-order valence-corrected chi connectivity index (χ3v) is 7.48. The fourth-order valence-electron chi connectivity index (χ4n) is 3.00. The van der Waals surface area contributed by atoms with Gasteiger partial charge in [0.2, 0.25) is 0 Å². The summed E-state index contributed by atoms with van der Waals surface area (Å²) in [5, 5.41) is 0.0336. The minimum absolute atomic E-state index is 0.0455. The van der Waals surface area contributed by atoms with Gasteiger partial charge in [-0.2, -0.15) is 8.42 Å². The van der Waals surface area contributed by atoms with Crippen LogP contribution in [0.4, 0.5) is 9.18 Å². The van der Waals surface area contributed by atoms with Crippen LogP contribution >= 0.6 is 35.0 Å². The minimum Gasteiger partial charge on any atom is -0.379 e. The van der Waals surface area contributed by atoms with Crippen LogP contribution in [0.15, 0.2) is 76.5 Å². The van der Waals surface area contributed by atoms with Gasteiger partial charge in [-0.05, 0) is 77.5 Å². The van der Waals surface area contributed by atoms with E-state index in [4.69, 9.17) is 27.4 Å². The van der Waals surface area contributed by atoms with Gasteiger partial charge in [0.1, 0.15) is 16.5 Å². The fraction of sp³-hybridized carbons (Fsp3) is 0.0435. The maximum absolute atomic E-state index is 13.2. The highest BCUT2D eigenvalue weighted by Crippen LogP contribution is 2.34. The topological polar surface area (TPSA) is 80.8 Å². The van der Waals surface area contributed by atoms with Gasteiger partial charge in [0.25, 0.3) is 11.1 Å². The highest BCUT2D eigenvalue weighted by Gasteiger charge is 2.35. The number of hydrogen-bond donors (Lipinski definition) is 0. The molecule has 4 rings (SSSR count). The Bertz CT molecular complexity index is 1410. The molecular weight excluding hydrogens is 524 g/mol. The van der Waals surface area contributed by atoms with E-state index in [9.17, 15) is 22.4 Å². The zero-order valence-corrected chi connectivity index (χ0v) is 20.2. The summed E-state index contributed by atoms with van der Waals surface area (Å²) < 4.78 is 43.1. The Balaban J connectivity index is 1.47. The molecule has 34 heavy (non-hydrogen) atoms. The van der Waals surface area contributed by atoms with E-state index in [2.05, 4.69) is 0 Å². The zero-order valence-electron chi connectivity index (χ0n) is 17.1. The summed E-state index contributed by atoms with van der Waals surface area (Å²) in [6, 6.07) is 15.3. The standard InChI is InChI=1S/C23H14Cl2FNO5S2/c24-16-4-9-19(10-5-16)34(30,31)32-18-7-1-14(2-8-18)11-21-22(28)27(23(29)33-21)13-15-3-6-17(26)12-20(15)25/h1-12H,13H2/b21-11-. The summed E-state index contributed by atoms with van der Waals surface area (Å²) in [5.74, 6) is -0.955. The molecule has 11 heteroatoms. The summed E-state index contributed by atoms with van der Waals surface area (Å²) >= 11 is 12.5. The van der Waals surface area contributed by atoms with Crippen molar-refractivity contribution >= 4 is 62.3 Å². The van der Waals surface area contributed by atoms with Gasteiger partial charge in [0, 0.05) is 10.0 Å². The van der Waals surface area contributed by atoms with Crippen LogP contribution in [0.2, 0.25) is 10.0 Å².